The van der Waals surface area contributed by atoms with Gasteiger partial charge in [-0.2, -0.15) is 0 Å². The molecular weight excluding hydrogens is 562 g/mol. The number of likely N-dealkylation sites (tertiary alicyclic amines) is 1. The predicted molar refractivity (Wildman–Crippen MR) is 170 cm³/mol. The van der Waals surface area contributed by atoms with Crippen molar-refractivity contribution in [1.82, 2.24) is 14.7 Å². The smallest absolute Gasteiger partial charge is 0.410 e. The van der Waals surface area contributed by atoms with Gasteiger partial charge in [0.1, 0.15) is 5.60 Å². The molecule has 0 saturated carbocycles. The van der Waals surface area contributed by atoms with Crippen LogP contribution in [-0.2, 0) is 19.4 Å². The maximum absolute atomic E-state index is 13.8. The van der Waals surface area contributed by atoms with Gasteiger partial charge in [-0.1, -0.05) is 63.2 Å². The lowest BCUT2D eigenvalue weighted by Gasteiger charge is -2.50. The second-order valence-electron chi connectivity index (χ2n) is 14.2. The molecule has 2 heterocycles. The van der Waals surface area contributed by atoms with Crippen LogP contribution >= 0.6 is 0 Å². The molecule has 0 aromatic heterocycles. The Morgan fingerprint density at radius 2 is 1.44 bits per heavy atom. The minimum absolute atomic E-state index is 0.0112. The van der Waals surface area contributed by atoms with E-state index in [1.807, 2.05) is 51.1 Å². The monoisotopic (exact) mass is 611 g/mol. The van der Waals surface area contributed by atoms with E-state index in [1.54, 1.807) is 17.0 Å². The molecule has 2 fully saturated rings. The summed E-state index contributed by atoms with van der Waals surface area (Å²) in [7, 11) is -3.29. The van der Waals surface area contributed by atoms with Gasteiger partial charge in [0.15, 0.2) is 9.84 Å². The summed E-state index contributed by atoms with van der Waals surface area (Å²) < 4.78 is 29.7. The minimum atomic E-state index is -3.29. The van der Waals surface area contributed by atoms with E-state index < -0.39 is 15.4 Å². The minimum Gasteiger partial charge on any atom is -0.444 e. The Morgan fingerprint density at radius 1 is 0.860 bits per heavy atom. The molecule has 236 valence electrons. The summed E-state index contributed by atoms with van der Waals surface area (Å²) in [5, 5.41) is 0. The van der Waals surface area contributed by atoms with Crippen molar-refractivity contribution >= 4 is 21.8 Å². The van der Waals surface area contributed by atoms with Crippen LogP contribution in [0.4, 0.5) is 4.79 Å². The number of nitrogens with zero attached hydrogens (tertiary/aromatic N) is 3. The summed E-state index contributed by atoms with van der Waals surface area (Å²) in [4.78, 5) is 32.9. The average Bonchev–Trinajstić information content (AvgIpc) is 2.92. The summed E-state index contributed by atoms with van der Waals surface area (Å²) in [5.74, 6) is 0.430. The number of ether oxygens (including phenoxy) is 1. The molecular formula is C34H49N3O5S. The summed E-state index contributed by atoms with van der Waals surface area (Å²) in [6.45, 7) is 15.5. The van der Waals surface area contributed by atoms with E-state index >= 15 is 0 Å². The van der Waals surface area contributed by atoms with Crippen LogP contribution in [0.2, 0.25) is 0 Å². The molecule has 4 rings (SSSR count). The van der Waals surface area contributed by atoms with Crippen LogP contribution in [0.5, 0.6) is 0 Å². The second-order valence-corrected chi connectivity index (χ2v) is 16.2. The Kier molecular flexibility index (Phi) is 9.96. The third kappa shape index (κ3) is 8.60. The molecule has 0 aliphatic carbocycles. The van der Waals surface area contributed by atoms with Crippen LogP contribution in [-0.4, -0.2) is 85.7 Å². The van der Waals surface area contributed by atoms with Gasteiger partial charge in [0, 0.05) is 51.4 Å². The van der Waals surface area contributed by atoms with Gasteiger partial charge in [-0.15, -0.1) is 0 Å². The first-order valence-electron chi connectivity index (χ1n) is 15.4. The van der Waals surface area contributed by atoms with Gasteiger partial charge in [0.25, 0.3) is 0 Å². The fourth-order valence-electron chi connectivity index (χ4n) is 6.24. The van der Waals surface area contributed by atoms with Gasteiger partial charge >= 0.3 is 6.09 Å². The molecule has 0 N–H and O–H groups in total. The van der Waals surface area contributed by atoms with E-state index in [2.05, 4.69) is 42.7 Å². The van der Waals surface area contributed by atoms with Gasteiger partial charge < -0.3 is 14.5 Å². The average molecular weight is 612 g/mol. The van der Waals surface area contributed by atoms with E-state index in [9.17, 15) is 18.0 Å². The Bertz CT molecular complexity index is 1360. The number of amides is 2. The maximum Gasteiger partial charge on any atom is 0.410 e. The van der Waals surface area contributed by atoms with Crippen molar-refractivity contribution in [2.24, 2.45) is 11.3 Å². The quantitative estimate of drug-likeness (QED) is 0.412. The molecule has 0 bridgehead atoms. The van der Waals surface area contributed by atoms with Crippen molar-refractivity contribution in [1.29, 1.82) is 0 Å². The molecule has 2 aromatic carbocycles. The highest BCUT2D eigenvalue weighted by molar-refractivity contribution is 7.90. The number of carbonyl (C=O) groups is 2. The van der Waals surface area contributed by atoms with Crippen LogP contribution in [0.1, 0.15) is 78.0 Å². The second kappa shape index (κ2) is 13.0. The summed E-state index contributed by atoms with van der Waals surface area (Å²) in [6, 6.07) is 17.5. The molecule has 8 nitrogen and oxygen atoms in total. The molecule has 9 heteroatoms. The largest absolute Gasteiger partial charge is 0.444 e. The van der Waals surface area contributed by atoms with Crippen molar-refractivity contribution in [3.63, 3.8) is 0 Å². The third-order valence-corrected chi connectivity index (χ3v) is 9.69. The predicted octanol–water partition coefficient (Wildman–Crippen LogP) is 5.78. The van der Waals surface area contributed by atoms with E-state index in [1.165, 1.54) is 6.26 Å². The SMILES string of the molecule is CC(C)(C)OC(=O)N1CCC(CC(=O)N2CCN(C(c3ccccc3)c3ccc(S(C)(=O)=O)cc3)CC2C(C)(C)C)CC1. The van der Waals surface area contributed by atoms with Crippen molar-refractivity contribution in [2.45, 2.75) is 83.4 Å². The van der Waals surface area contributed by atoms with Crippen LogP contribution in [0.25, 0.3) is 0 Å². The number of rotatable bonds is 6. The molecule has 2 atom stereocenters. The Morgan fingerprint density at radius 3 is 1.98 bits per heavy atom. The molecule has 2 saturated heterocycles. The molecule has 43 heavy (non-hydrogen) atoms. The van der Waals surface area contributed by atoms with E-state index in [0.717, 1.165) is 24.0 Å². The fourth-order valence-corrected chi connectivity index (χ4v) is 6.87. The summed E-state index contributed by atoms with van der Waals surface area (Å²) in [5.41, 5.74) is 1.50. The van der Waals surface area contributed by atoms with Gasteiger partial charge in [0.2, 0.25) is 5.91 Å². The van der Waals surface area contributed by atoms with Crippen LogP contribution < -0.4 is 0 Å². The van der Waals surface area contributed by atoms with Crippen LogP contribution in [0.15, 0.2) is 59.5 Å². The topological polar surface area (TPSA) is 87.2 Å². The number of carbonyl (C=O) groups excluding carboxylic acids is 2. The van der Waals surface area contributed by atoms with E-state index in [4.69, 9.17) is 4.74 Å². The molecule has 2 aromatic rings. The van der Waals surface area contributed by atoms with E-state index in [0.29, 0.717) is 44.0 Å². The number of hydrogen-bond donors (Lipinski definition) is 0. The first-order valence-corrected chi connectivity index (χ1v) is 17.3. The lowest BCUT2D eigenvalue weighted by atomic mass is 9.82. The number of piperidine rings is 1. The highest BCUT2D eigenvalue weighted by Crippen LogP contribution is 2.36. The summed E-state index contributed by atoms with van der Waals surface area (Å²) in [6.07, 6.45) is 3.03. The van der Waals surface area contributed by atoms with Gasteiger partial charge in [-0.25, -0.2) is 13.2 Å². The zero-order chi connectivity index (χ0) is 31.6. The highest BCUT2D eigenvalue weighted by atomic mass is 32.2. The maximum atomic E-state index is 13.8. The van der Waals surface area contributed by atoms with Gasteiger partial charge in [-0.05, 0) is 68.2 Å². The molecule has 2 amide bonds. The van der Waals surface area contributed by atoms with Crippen LogP contribution in [0, 0.1) is 11.3 Å². The zero-order valence-corrected chi connectivity index (χ0v) is 27.7. The van der Waals surface area contributed by atoms with Crippen LogP contribution in [0.3, 0.4) is 0 Å². The molecule has 2 aliphatic rings. The lowest BCUT2D eigenvalue weighted by Crippen LogP contribution is -2.60. The van der Waals surface area contributed by atoms with Gasteiger partial charge in [0.05, 0.1) is 10.9 Å². The lowest BCUT2D eigenvalue weighted by molar-refractivity contribution is -0.141. The number of benzene rings is 2. The van der Waals surface area contributed by atoms with Crippen molar-refractivity contribution in [3.8, 4) is 0 Å². The third-order valence-electron chi connectivity index (χ3n) is 8.57. The highest BCUT2D eigenvalue weighted by Gasteiger charge is 2.41. The molecule has 2 unspecified atom stereocenters. The number of piperazine rings is 1. The van der Waals surface area contributed by atoms with Gasteiger partial charge in [-0.3, -0.25) is 9.69 Å². The Balaban J connectivity index is 1.48. The standard InChI is InChI=1S/C34H49N3O5S/c1-33(2,3)29-24-36(31(26-11-9-8-10-12-26)27-13-15-28(16-14-27)43(7,40)41)21-22-37(29)30(38)23-25-17-19-35(20-18-25)32(39)42-34(4,5)6/h8-16,25,29,31H,17-24H2,1-7H3. The van der Waals surface area contributed by atoms with Crippen molar-refractivity contribution in [2.75, 3.05) is 39.0 Å². The zero-order valence-electron chi connectivity index (χ0n) is 26.9. The molecule has 0 spiro atoms. The summed E-state index contributed by atoms with van der Waals surface area (Å²) >= 11 is 0. The Hall–Kier alpha value is -2.91. The first-order chi connectivity index (χ1) is 20.0. The van der Waals surface area contributed by atoms with Crippen molar-refractivity contribution < 1.29 is 22.7 Å². The normalized spacial score (nSPS) is 20.1. The molecule has 2 aliphatic heterocycles. The first kappa shape index (κ1) is 33.0. The fraction of sp³-hybridized carbons (Fsp3) is 0.588. The molecule has 0 radical (unpaired) electrons. The number of sulfone groups is 1. The number of hydrogen-bond acceptors (Lipinski definition) is 6. The van der Waals surface area contributed by atoms with E-state index in [-0.39, 0.29) is 35.4 Å². The Labute approximate surface area is 258 Å². The van der Waals surface area contributed by atoms with Crippen molar-refractivity contribution in [3.05, 3.63) is 65.7 Å².